The highest BCUT2D eigenvalue weighted by atomic mass is 16.6. The Morgan fingerprint density at radius 3 is 2.48 bits per heavy atom. The molecule has 2 aromatic carbocycles. The molecular formula is C18H16N4O3. The molecule has 7 nitrogen and oxygen atoms in total. The highest BCUT2D eigenvalue weighted by Crippen LogP contribution is 2.25. The van der Waals surface area contributed by atoms with Crippen molar-refractivity contribution in [2.45, 2.75) is 13.8 Å². The maximum Gasteiger partial charge on any atom is 0.273 e. The fraction of sp³-hybridized carbons (Fsp3) is 0.167. The van der Waals surface area contributed by atoms with Crippen molar-refractivity contribution in [3.8, 4) is 0 Å². The molecule has 0 N–H and O–H groups in total. The van der Waals surface area contributed by atoms with Crippen LogP contribution < -0.4 is 0 Å². The molecule has 25 heavy (non-hydrogen) atoms. The SMILES string of the molecule is CC(C)/C(=C\C(=O)n1nnc2ccccc21)c1ccc([N+](=O)[O-])cc1. The van der Waals surface area contributed by atoms with Gasteiger partial charge in [-0.3, -0.25) is 14.9 Å². The lowest BCUT2D eigenvalue weighted by Crippen LogP contribution is -2.11. The van der Waals surface area contributed by atoms with E-state index >= 15 is 0 Å². The minimum absolute atomic E-state index is 0.0143. The number of para-hydroxylation sites is 1. The van der Waals surface area contributed by atoms with Gasteiger partial charge in [-0.05, 0) is 41.3 Å². The van der Waals surface area contributed by atoms with Crippen molar-refractivity contribution < 1.29 is 9.72 Å². The molecule has 0 aliphatic heterocycles. The average Bonchev–Trinajstić information content (AvgIpc) is 3.03. The Labute approximate surface area is 143 Å². The van der Waals surface area contributed by atoms with Gasteiger partial charge < -0.3 is 0 Å². The Hall–Kier alpha value is -3.35. The van der Waals surface area contributed by atoms with E-state index in [1.165, 1.54) is 22.9 Å². The normalized spacial score (nSPS) is 11.9. The first-order valence-electron chi connectivity index (χ1n) is 7.78. The van der Waals surface area contributed by atoms with Crippen LogP contribution in [0.2, 0.25) is 0 Å². The summed E-state index contributed by atoms with van der Waals surface area (Å²) in [5.74, 6) is -0.254. The molecule has 0 amide bonds. The summed E-state index contributed by atoms with van der Waals surface area (Å²) in [5.41, 5.74) is 2.83. The summed E-state index contributed by atoms with van der Waals surface area (Å²) in [4.78, 5) is 23.0. The van der Waals surface area contributed by atoms with Gasteiger partial charge in [-0.2, -0.15) is 4.68 Å². The summed E-state index contributed by atoms with van der Waals surface area (Å²) in [6.07, 6.45) is 1.51. The number of aromatic nitrogens is 3. The van der Waals surface area contributed by atoms with Gasteiger partial charge in [0.2, 0.25) is 0 Å². The van der Waals surface area contributed by atoms with Crippen LogP contribution in [-0.4, -0.2) is 25.8 Å². The highest BCUT2D eigenvalue weighted by Gasteiger charge is 2.14. The molecule has 0 bridgehead atoms. The second-order valence-electron chi connectivity index (χ2n) is 5.89. The van der Waals surface area contributed by atoms with Crippen molar-refractivity contribution >= 4 is 28.2 Å². The minimum atomic E-state index is -0.449. The van der Waals surface area contributed by atoms with Crippen LogP contribution in [0.15, 0.2) is 54.6 Å². The molecule has 3 rings (SSSR count). The molecule has 0 spiro atoms. The fourth-order valence-electron chi connectivity index (χ4n) is 2.58. The van der Waals surface area contributed by atoms with Crippen molar-refractivity contribution in [2.24, 2.45) is 5.92 Å². The van der Waals surface area contributed by atoms with Gasteiger partial charge >= 0.3 is 0 Å². The van der Waals surface area contributed by atoms with Gasteiger partial charge in [0.25, 0.3) is 11.6 Å². The third-order valence-corrected chi connectivity index (χ3v) is 3.87. The van der Waals surface area contributed by atoms with E-state index in [9.17, 15) is 14.9 Å². The zero-order valence-corrected chi connectivity index (χ0v) is 13.8. The lowest BCUT2D eigenvalue weighted by atomic mass is 9.94. The lowest BCUT2D eigenvalue weighted by Gasteiger charge is -2.11. The number of nitrogens with zero attached hydrogens (tertiary/aromatic N) is 4. The molecule has 0 aliphatic carbocycles. The minimum Gasteiger partial charge on any atom is -0.267 e. The number of non-ortho nitro benzene ring substituents is 1. The number of hydrogen-bond donors (Lipinski definition) is 0. The van der Waals surface area contributed by atoms with Crippen LogP contribution in [0.1, 0.15) is 24.2 Å². The first kappa shape index (κ1) is 16.5. The zero-order chi connectivity index (χ0) is 18.0. The molecular weight excluding hydrogens is 320 g/mol. The second-order valence-corrected chi connectivity index (χ2v) is 5.89. The Balaban J connectivity index is 1.99. The molecule has 1 aromatic heterocycles. The lowest BCUT2D eigenvalue weighted by molar-refractivity contribution is -0.384. The Bertz CT molecular complexity index is 971. The van der Waals surface area contributed by atoms with Gasteiger partial charge in [0.15, 0.2) is 0 Å². The third-order valence-electron chi connectivity index (χ3n) is 3.87. The van der Waals surface area contributed by atoms with Crippen LogP contribution >= 0.6 is 0 Å². The molecule has 3 aromatic rings. The number of hydrogen-bond acceptors (Lipinski definition) is 5. The van der Waals surface area contributed by atoms with Crippen molar-refractivity contribution in [2.75, 3.05) is 0 Å². The van der Waals surface area contributed by atoms with E-state index in [-0.39, 0.29) is 17.5 Å². The van der Waals surface area contributed by atoms with Gasteiger partial charge in [-0.25, -0.2) is 0 Å². The number of allylic oxidation sites excluding steroid dienone is 2. The molecule has 1 heterocycles. The van der Waals surface area contributed by atoms with E-state index in [4.69, 9.17) is 0 Å². The Kier molecular flexibility index (Phi) is 4.38. The predicted molar refractivity (Wildman–Crippen MR) is 94.1 cm³/mol. The number of benzene rings is 2. The monoisotopic (exact) mass is 336 g/mol. The third kappa shape index (κ3) is 3.30. The second kappa shape index (κ2) is 6.64. The number of nitro groups is 1. The molecule has 7 heteroatoms. The maximum atomic E-state index is 12.7. The van der Waals surface area contributed by atoms with Crippen molar-refractivity contribution in [1.29, 1.82) is 0 Å². The summed E-state index contributed by atoms with van der Waals surface area (Å²) in [6, 6.07) is 13.4. The van der Waals surface area contributed by atoms with Gasteiger partial charge in [-0.1, -0.05) is 31.2 Å². The number of carbonyl (C=O) groups is 1. The molecule has 0 radical (unpaired) electrons. The van der Waals surface area contributed by atoms with Crippen molar-refractivity contribution in [1.82, 2.24) is 15.0 Å². The molecule has 0 saturated carbocycles. The molecule has 0 saturated heterocycles. The average molecular weight is 336 g/mol. The predicted octanol–water partition coefficient (Wildman–Crippen LogP) is 3.72. The summed E-state index contributed by atoms with van der Waals surface area (Å²) in [7, 11) is 0. The van der Waals surface area contributed by atoms with Gasteiger partial charge in [-0.15, -0.1) is 5.10 Å². The summed E-state index contributed by atoms with van der Waals surface area (Å²) >= 11 is 0. The van der Waals surface area contributed by atoms with Crippen LogP contribution in [0.4, 0.5) is 5.69 Å². The number of carbonyl (C=O) groups excluding carboxylic acids is 1. The van der Waals surface area contributed by atoms with Crippen LogP contribution in [0.25, 0.3) is 16.6 Å². The molecule has 0 atom stereocenters. The largest absolute Gasteiger partial charge is 0.273 e. The Morgan fingerprint density at radius 1 is 1.16 bits per heavy atom. The summed E-state index contributed by atoms with van der Waals surface area (Å²) in [5, 5.41) is 18.7. The highest BCUT2D eigenvalue weighted by molar-refractivity contribution is 6.00. The van der Waals surface area contributed by atoms with E-state index in [1.54, 1.807) is 24.3 Å². The molecule has 0 unspecified atom stereocenters. The van der Waals surface area contributed by atoms with Crippen LogP contribution in [-0.2, 0) is 0 Å². The van der Waals surface area contributed by atoms with E-state index in [0.29, 0.717) is 11.0 Å². The van der Waals surface area contributed by atoms with Gasteiger partial charge in [0.05, 0.1) is 10.4 Å². The first-order valence-corrected chi connectivity index (χ1v) is 7.78. The smallest absolute Gasteiger partial charge is 0.267 e. The number of nitro benzene ring substituents is 1. The standard InChI is InChI=1S/C18H16N4O3/c1-12(2)15(13-7-9-14(10-8-13)22(24)25)11-18(23)21-17-6-4-3-5-16(17)19-20-21/h3-12H,1-2H3/b15-11+. The number of fused-ring (bicyclic) bond motifs is 1. The van der Waals surface area contributed by atoms with Crippen LogP contribution in [0.5, 0.6) is 0 Å². The van der Waals surface area contributed by atoms with E-state index in [1.807, 2.05) is 26.0 Å². The zero-order valence-electron chi connectivity index (χ0n) is 13.8. The number of rotatable bonds is 4. The van der Waals surface area contributed by atoms with Crippen LogP contribution in [0, 0.1) is 16.0 Å². The van der Waals surface area contributed by atoms with E-state index in [0.717, 1.165) is 11.1 Å². The van der Waals surface area contributed by atoms with Crippen molar-refractivity contribution in [3.05, 3.63) is 70.3 Å². The quantitative estimate of drug-likeness (QED) is 0.411. The van der Waals surface area contributed by atoms with Crippen molar-refractivity contribution in [3.63, 3.8) is 0 Å². The topological polar surface area (TPSA) is 90.9 Å². The summed E-state index contributed by atoms with van der Waals surface area (Å²) in [6.45, 7) is 3.92. The fourth-order valence-corrected chi connectivity index (χ4v) is 2.58. The maximum absolute atomic E-state index is 12.7. The van der Waals surface area contributed by atoms with Gasteiger partial charge in [0.1, 0.15) is 5.52 Å². The Morgan fingerprint density at radius 2 is 1.84 bits per heavy atom. The van der Waals surface area contributed by atoms with E-state index < -0.39 is 4.92 Å². The molecule has 0 fully saturated rings. The van der Waals surface area contributed by atoms with Gasteiger partial charge in [0, 0.05) is 18.2 Å². The van der Waals surface area contributed by atoms with Crippen LogP contribution in [0.3, 0.4) is 0 Å². The molecule has 126 valence electrons. The first-order chi connectivity index (χ1) is 12.0. The summed E-state index contributed by atoms with van der Waals surface area (Å²) < 4.78 is 1.25. The molecule has 0 aliphatic rings. The van der Waals surface area contributed by atoms with E-state index in [2.05, 4.69) is 10.3 Å².